The van der Waals surface area contributed by atoms with Crippen LogP contribution in [0.3, 0.4) is 0 Å². The Morgan fingerprint density at radius 2 is 1.10 bits per heavy atom. The summed E-state index contributed by atoms with van der Waals surface area (Å²) in [6, 6.07) is 51.8. The monoisotopic (exact) mass is 525 g/mol. The van der Waals surface area contributed by atoms with E-state index in [1.165, 1.54) is 43.4 Å². The van der Waals surface area contributed by atoms with Crippen LogP contribution in [0.5, 0.6) is 0 Å². The maximum absolute atomic E-state index is 6.70. The molecular weight excluding hydrogens is 498 g/mol. The zero-order valence-electron chi connectivity index (χ0n) is 22.7. The first kappa shape index (κ1) is 23.5. The topological polar surface area (TPSA) is 16.4 Å². The summed E-state index contributed by atoms with van der Waals surface area (Å²) >= 11 is 0. The van der Waals surface area contributed by atoms with Crippen molar-refractivity contribution in [3.05, 3.63) is 151 Å². The van der Waals surface area contributed by atoms with Crippen molar-refractivity contribution in [2.45, 2.75) is 6.92 Å². The third kappa shape index (κ3) is 3.80. The smallest absolute Gasteiger partial charge is 0.208 e. The van der Waals surface area contributed by atoms with E-state index < -0.39 is 0 Å². The average molecular weight is 526 g/mol. The molecule has 2 heteroatoms. The van der Waals surface area contributed by atoms with Gasteiger partial charge >= 0.3 is 0 Å². The van der Waals surface area contributed by atoms with Gasteiger partial charge in [-0.25, -0.2) is 0 Å². The van der Waals surface area contributed by atoms with Gasteiger partial charge in [-0.05, 0) is 63.9 Å². The van der Waals surface area contributed by atoms with Gasteiger partial charge in [0.25, 0.3) is 0 Å². The lowest BCUT2D eigenvalue weighted by Gasteiger charge is -2.27. The first-order valence-corrected chi connectivity index (χ1v) is 14.0. The third-order valence-corrected chi connectivity index (χ3v) is 8.21. The summed E-state index contributed by atoms with van der Waals surface area (Å²) in [5.74, 6) is 0.839. The molecule has 0 bridgehead atoms. The van der Waals surface area contributed by atoms with E-state index in [2.05, 4.69) is 151 Å². The predicted molar refractivity (Wildman–Crippen MR) is 174 cm³/mol. The lowest BCUT2D eigenvalue weighted by Crippen LogP contribution is -2.11. The molecular formula is C39H27NO. The molecule has 0 saturated carbocycles. The standard InChI is InChI=1S/C39H27NO/c1-26-31-16-9-10-21-38(31)41-39(26)40(37-25-30-14-5-6-17-32(30)34-18-7-8-19-35(34)37)36-20-11-15-29-24-28(22-23-33(29)36)27-12-3-2-4-13-27/h2-25H,1H3. The van der Waals surface area contributed by atoms with Crippen LogP contribution in [0.1, 0.15) is 5.56 Å². The number of hydrogen-bond donors (Lipinski definition) is 0. The van der Waals surface area contributed by atoms with Gasteiger partial charge in [0.05, 0.1) is 11.4 Å². The zero-order valence-corrected chi connectivity index (χ0v) is 22.7. The van der Waals surface area contributed by atoms with Crippen molar-refractivity contribution in [1.29, 1.82) is 0 Å². The van der Waals surface area contributed by atoms with Crippen LogP contribution in [-0.4, -0.2) is 0 Å². The van der Waals surface area contributed by atoms with Crippen LogP contribution in [0.25, 0.3) is 54.4 Å². The largest absolute Gasteiger partial charge is 0.440 e. The Hall–Kier alpha value is -5.34. The van der Waals surface area contributed by atoms with Gasteiger partial charge in [0.2, 0.25) is 5.88 Å². The highest BCUT2D eigenvalue weighted by Gasteiger charge is 2.24. The number of benzene rings is 7. The van der Waals surface area contributed by atoms with Gasteiger partial charge in [0.15, 0.2) is 0 Å². The average Bonchev–Trinajstić information content (AvgIpc) is 3.37. The third-order valence-electron chi connectivity index (χ3n) is 8.21. The molecule has 0 aliphatic rings. The maximum Gasteiger partial charge on any atom is 0.208 e. The fourth-order valence-corrected chi connectivity index (χ4v) is 6.21. The minimum atomic E-state index is 0.839. The summed E-state index contributed by atoms with van der Waals surface area (Å²) in [5, 5.41) is 8.35. The highest BCUT2D eigenvalue weighted by molar-refractivity contribution is 6.16. The van der Waals surface area contributed by atoms with E-state index in [0.717, 1.165) is 33.8 Å². The van der Waals surface area contributed by atoms with E-state index in [1.807, 2.05) is 6.07 Å². The Kier molecular flexibility index (Phi) is 5.39. The highest BCUT2D eigenvalue weighted by atomic mass is 16.4. The number of rotatable bonds is 4. The van der Waals surface area contributed by atoms with Gasteiger partial charge in [0.1, 0.15) is 5.58 Å². The van der Waals surface area contributed by atoms with E-state index in [-0.39, 0.29) is 0 Å². The predicted octanol–water partition coefficient (Wildman–Crippen LogP) is 11.3. The molecule has 0 fully saturated rings. The fraction of sp³-hybridized carbons (Fsp3) is 0.0256. The molecule has 7 aromatic carbocycles. The molecule has 8 aromatic rings. The van der Waals surface area contributed by atoms with Crippen LogP contribution >= 0.6 is 0 Å². The molecule has 0 aliphatic heterocycles. The number of anilines is 3. The molecule has 1 heterocycles. The van der Waals surface area contributed by atoms with Crippen LogP contribution in [-0.2, 0) is 0 Å². The molecule has 0 N–H and O–H groups in total. The molecule has 2 nitrogen and oxygen atoms in total. The van der Waals surface area contributed by atoms with Gasteiger partial charge in [-0.1, -0.05) is 121 Å². The van der Waals surface area contributed by atoms with E-state index in [9.17, 15) is 0 Å². The Balaban J connectivity index is 1.45. The highest BCUT2D eigenvalue weighted by Crippen LogP contribution is 2.47. The van der Waals surface area contributed by atoms with Crippen molar-refractivity contribution >= 4 is 60.5 Å². The summed E-state index contributed by atoms with van der Waals surface area (Å²) in [5.41, 5.74) is 6.62. The van der Waals surface area contributed by atoms with Crippen LogP contribution in [0, 0.1) is 6.92 Å². The van der Waals surface area contributed by atoms with E-state index >= 15 is 0 Å². The summed E-state index contributed by atoms with van der Waals surface area (Å²) in [4.78, 5) is 2.33. The molecule has 0 aliphatic carbocycles. The van der Waals surface area contributed by atoms with Crippen LogP contribution in [0.2, 0.25) is 0 Å². The second kappa shape index (κ2) is 9.39. The number of nitrogens with zero attached hydrogens (tertiary/aromatic N) is 1. The summed E-state index contributed by atoms with van der Waals surface area (Å²) < 4.78 is 6.70. The Morgan fingerprint density at radius 1 is 0.439 bits per heavy atom. The number of fused-ring (bicyclic) bond motifs is 5. The van der Waals surface area contributed by atoms with Crippen LogP contribution in [0.15, 0.2) is 150 Å². The molecule has 0 unspecified atom stereocenters. The number of hydrogen-bond acceptors (Lipinski definition) is 2. The van der Waals surface area contributed by atoms with Crippen molar-refractivity contribution in [3.63, 3.8) is 0 Å². The Morgan fingerprint density at radius 3 is 1.93 bits per heavy atom. The first-order valence-electron chi connectivity index (χ1n) is 14.0. The lowest BCUT2D eigenvalue weighted by molar-refractivity contribution is 0.619. The van der Waals surface area contributed by atoms with Crippen molar-refractivity contribution in [2.75, 3.05) is 4.90 Å². The summed E-state index contributed by atoms with van der Waals surface area (Å²) in [6.07, 6.45) is 0. The fourth-order valence-electron chi connectivity index (χ4n) is 6.21. The zero-order chi connectivity index (χ0) is 27.3. The van der Waals surface area contributed by atoms with Crippen LogP contribution < -0.4 is 4.90 Å². The van der Waals surface area contributed by atoms with E-state index in [0.29, 0.717) is 0 Å². The maximum atomic E-state index is 6.70. The minimum absolute atomic E-state index is 0.839. The van der Waals surface area contributed by atoms with Crippen molar-refractivity contribution in [1.82, 2.24) is 0 Å². The second-order valence-electron chi connectivity index (χ2n) is 10.6. The van der Waals surface area contributed by atoms with Gasteiger partial charge in [-0.15, -0.1) is 0 Å². The SMILES string of the molecule is Cc1c(N(c2cccc3cc(-c4ccccc4)ccc23)c2cc3ccccc3c3ccccc23)oc2ccccc12. The first-order chi connectivity index (χ1) is 20.3. The number of para-hydroxylation sites is 1. The number of furan rings is 1. The van der Waals surface area contributed by atoms with Crippen LogP contribution in [0.4, 0.5) is 17.3 Å². The molecule has 0 spiro atoms. The Labute approximate surface area is 238 Å². The van der Waals surface area contributed by atoms with Crippen molar-refractivity contribution < 1.29 is 4.42 Å². The number of aryl methyl sites for hydroxylation is 1. The molecule has 8 rings (SSSR count). The van der Waals surface area contributed by atoms with Gasteiger partial charge in [0, 0.05) is 21.7 Å². The van der Waals surface area contributed by atoms with Gasteiger partial charge in [-0.3, -0.25) is 4.90 Å². The lowest BCUT2D eigenvalue weighted by atomic mass is 9.97. The Bertz CT molecular complexity index is 2230. The molecule has 41 heavy (non-hydrogen) atoms. The van der Waals surface area contributed by atoms with E-state index in [4.69, 9.17) is 4.42 Å². The molecule has 0 atom stereocenters. The summed E-state index contributed by atoms with van der Waals surface area (Å²) in [6.45, 7) is 2.16. The van der Waals surface area contributed by atoms with E-state index in [1.54, 1.807) is 0 Å². The van der Waals surface area contributed by atoms with Crippen molar-refractivity contribution in [2.24, 2.45) is 0 Å². The van der Waals surface area contributed by atoms with Gasteiger partial charge in [-0.2, -0.15) is 0 Å². The molecule has 0 saturated heterocycles. The summed E-state index contributed by atoms with van der Waals surface area (Å²) in [7, 11) is 0. The quantitative estimate of drug-likeness (QED) is 0.212. The molecule has 0 amide bonds. The molecule has 194 valence electrons. The minimum Gasteiger partial charge on any atom is -0.440 e. The van der Waals surface area contributed by atoms with Gasteiger partial charge < -0.3 is 4.42 Å². The normalized spacial score (nSPS) is 11.5. The molecule has 1 aromatic heterocycles. The second-order valence-corrected chi connectivity index (χ2v) is 10.6. The molecule has 0 radical (unpaired) electrons. The van der Waals surface area contributed by atoms with Crippen molar-refractivity contribution in [3.8, 4) is 11.1 Å².